The highest BCUT2D eigenvalue weighted by atomic mass is 16.3. The van der Waals surface area contributed by atoms with Gasteiger partial charge in [0.25, 0.3) is 0 Å². The third kappa shape index (κ3) is 3.95. The summed E-state index contributed by atoms with van der Waals surface area (Å²) in [6.45, 7) is 2.36. The van der Waals surface area contributed by atoms with Gasteiger partial charge in [0, 0.05) is 11.5 Å². The van der Waals surface area contributed by atoms with Crippen molar-refractivity contribution in [2.45, 2.75) is 82.8 Å². The first-order valence-electron chi connectivity index (χ1n) is 10.4. The summed E-state index contributed by atoms with van der Waals surface area (Å²) in [6, 6.07) is 11.1. The zero-order valence-electron chi connectivity index (χ0n) is 16.5. The molecule has 140 valence electrons. The van der Waals surface area contributed by atoms with Crippen molar-refractivity contribution >= 4 is 0 Å². The van der Waals surface area contributed by atoms with Crippen LogP contribution in [-0.4, -0.2) is 35.7 Å². The molecule has 0 bridgehead atoms. The van der Waals surface area contributed by atoms with Crippen molar-refractivity contribution in [2.75, 3.05) is 14.1 Å². The quantitative estimate of drug-likeness (QED) is 0.808. The lowest BCUT2D eigenvalue weighted by Crippen LogP contribution is -2.63. The molecule has 0 heterocycles. The first-order chi connectivity index (χ1) is 11.9. The third-order valence-corrected chi connectivity index (χ3v) is 7.19. The Morgan fingerprint density at radius 2 is 1.68 bits per heavy atom. The van der Waals surface area contributed by atoms with Gasteiger partial charge >= 0.3 is 0 Å². The van der Waals surface area contributed by atoms with Crippen LogP contribution in [0.2, 0.25) is 0 Å². The Bertz CT molecular complexity index is 536. The monoisotopic (exact) mass is 343 g/mol. The SMILES string of the molecule is CN(C)C1CCCC(C)(Cc2ccccc2)C1(O)CC1CCCCC1. The minimum atomic E-state index is -0.591. The molecule has 1 aromatic rings. The van der Waals surface area contributed by atoms with Gasteiger partial charge in [-0.2, -0.15) is 0 Å². The molecule has 3 rings (SSSR count). The lowest BCUT2D eigenvalue weighted by molar-refractivity contribution is -0.164. The lowest BCUT2D eigenvalue weighted by Gasteiger charge is -2.56. The Kier molecular flexibility index (Phi) is 5.90. The molecule has 2 aliphatic carbocycles. The highest BCUT2D eigenvalue weighted by Gasteiger charge is 2.55. The van der Waals surface area contributed by atoms with Crippen LogP contribution in [-0.2, 0) is 6.42 Å². The number of aliphatic hydroxyl groups is 1. The van der Waals surface area contributed by atoms with E-state index < -0.39 is 5.60 Å². The van der Waals surface area contributed by atoms with Crippen LogP contribution in [0.15, 0.2) is 30.3 Å². The Morgan fingerprint density at radius 3 is 2.32 bits per heavy atom. The standard InChI is InChI=1S/C23H37NO/c1-22(17-19-11-6-4-7-12-19)16-10-15-21(24(2)3)23(22,25)18-20-13-8-5-9-14-20/h4,6-7,11-12,20-21,25H,5,8-10,13-18H2,1-3H3. The third-order valence-electron chi connectivity index (χ3n) is 7.19. The molecule has 25 heavy (non-hydrogen) atoms. The smallest absolute Gasteiger partial charge is 0.0860 e. The minimum Gasteiger partial charge on any atom is -0.388 e. The van der Waals surface area contributed by atoms with Gasteiger partial charge in [-0.1, -0.05) is 75.8 Å². The number of hydrogen-bond acceptors (Lipinski definition) is 2. The van der Waals surface area contributed by atoms with E-state index in [-0.39, 0.29) is 11.5 Å². The fraction of sp³-hybridized carbons (Fsp3) is 0.739. The van der Waals surface area contributed by atoms with E-state index in [4.69, 9.17) is 0 Å². The predicted molar refractivity (Wildman–Crippen MR) is 106 cm³/mol. The van der Waals surface area contributed by atoms with Crippen LogP contribution in [0.25, 0.3) is 0 Å². The van der Waals surface area contributed by atoms with Crippen LogP contribution in [0.3, 0.4) is 0 Å². The summed E-state index contributed by atoms with van der Waals surface area (Å²) in [6.07, 6.45) is 12.2. The summed E-state index contributed by atoms with van der Waals surface area (Å²) in [5.74, 6) is 0.703. The van der Waals surface area contributed by atoms with Gasteiger partial charge in [0.05, 0.1) is 5.60 Å². The zero-order chi connectivity index (χ0) is 17.9. The molecule has 1 aromatic carbocycles. The molecule has 0 amide bonds. The summed E-state index contributed by atoms with van der Waals surface area (Å²) >= 11 is 0. The van der Waals surface area contributed by atoms with Crippen LogP contribution in [0.4, 0.5) is 0 Å². The van der Waals surface area contributed by atoms with Gasteiger partial charge in [-0.15, -0.1) is 0 Å². The maximum absolute atomic E-state index is 12.2. The topological polar surface area (TPSA) is 23.5 Å². The Balaban J connectivity index is 1.89. The molecule has 2 nitrogen and oxygen atoms in total. The first-order valence-corrected chi connectivity index (χ1v) is 10.4. The summed E-state index contributed by atoms with van der Waals surface area (Å²) in [4.78, 5) is 2.30. The molecule has 2 saturated carbocycles. The summed E-state index contributed by atoms with van der Waals surface area (Å²) in [7, 11) is 4.32. The van der Waals surface area contributed by atoms with E-state index in [1.54, 1.807) is 0 Å². The number of hydrogen-bond donors (Lipinski definition) is 1. The molecular formula is C23H37NO. The normalized spacial score (nSPS) is 34.4. The second kappa shape index (κ2) is 7.80. The molecule has 0 aromatic heterocycles. The zero-order valence-corrected chi connectivity index (χ0v) is 16.5. The largest absolute Gasteiger partial charge is 0.388 e. The number of nitrogens with zero attached hydrogens (tertiary/aromatic N) is 1. The maximum Gasteiger partial charge on any atom is 0.0860 e. The van der Waals surface area contributed by atoms with Crippen LogP contribution < -0.4 is 0 Å². The maximum atomic E-state index is 12.2. The average Bonchev–Trinajstić information content (AvgIpc) is 2.59. The average molecular weight is 344 g/mol. The summed E-state index contributed by atoms with van der Waals surface area (Å²) < 4.78 is 0. The van der Waals surface area contributed by atoms with Crippen molar-refractivity contribution < 1.29 is 5.11 Å². The van der Waals surface area contributed by atoms with Gasteiger partial charge in [-0.3, -0.25) is 0 Å². The van der Waals surface area contributed by atoms with Gasteiger partial charge in [0.1, 0.15) is 0 Å². The highest BCUT2D eigenvalue weighted by molar-refractivity contribution is 5.20. The van der Waals surface area contributed by atoms with Crippen molar-refractivity contribution in [3.8, 4) is 0 Å². The molecular weight excluding hydrogens is 306 g/mol. The van der Waals surface area contributed by atoms with Crippen molar-refractivity contribution in [3.05, 3.63) is 35.9 Å². The molecule has 0 aliphatic heterocycles. The fourth-order valence-electron chi connectivity index (χ4n) is 5.73. The van der Waals surface area contributed by atoms with Crippen molar-refractivity contribution in [1.82, 2.24) is 4.90 Å². The van der Waals surface area contributed by atoms with Gasteiger partial charge in [0.2, 0.25) is 0 Å². The van der Waals surface area contributed by atoms with Crippen LogP contribution in [0.5, 0.6) is 0 Å². The molecule has 2 heteroatoms. The molecule has 0 spiro atoms. The number of rotatable bonds is 5. The highest BCUT2D eigenvalue weighted by Crippen LogP contribution is 2.51. The van der Waals surface area contributed by atoms with Crippen LogP contribution >= 0.6 is 0 Å². The minimum absolute atomic E-state index is 0.0427. The van der Waals surface area contributed by atoms with Crippen molar-refractivity contribution in [2.24, 2.45) is 11.3 Å². The summed E-state index contributed by atoms with van der Waals surface area (Å²) in [5, 5.41) is 12.2. The number of likely N-dealkylation sites (N-methyl/N-ethyl adjacent to an activating group) is 1. The Hall–Kier alpha value is -0.860. The molecule has 1 N–H and O–H groups in total. The second-order valence-electron chi connectivity index (χ2n) is 9.23. The van der Waals surface area contributed by atoms with Crippen molar-refractivity contribution in [3.63, 3.8) is 0 Å². The van der Waals surface area contributed by atoms with Gasteiger partial charge in [0.15, 0.2) is 0 Å². The second-order valence-corrected chi connectivity index (χ2v) is 9.23. The van der Waals surface area contributed by atoms with Crippen LogP contribution in [0.1, 0.15) is 70.3 Å². The lowest BCUT2D eigenvalue weighted by atomic mass is 9.56. The van der Waals surface area contributed by atoms with Crippen LogP contribution in [0, 0.1) is 11.3 Å². The molecule has 3 unspecified atom stereocenters. The van der Waals surface area contributed by atoms with E-state index in [0.29, 0.717) is 5.92 Å². The fourth-order valence-corrected chi connectivity index (χ4v) is 5.73. The Morgan fingerprint density at radius 1 is 1.00 bits per heavy atom. The molecule has 0 radical (unpaired) electrons. The van der Waals surface area contributed by atoms with Crippen molar-refractivity contribution in [1.29, 1.82) is 0 Å². The van der Waals surface area contributed by atoms with Gasteiger partial charge in [-0.05, 0) is 51.3 Å². The van der Waals surface area contributed by atoms with E-state index in [0.717, 1.165) is 25.7 Å². The van der Waals surface area contributed by atoms with E-state index in [1.807, 2.05) is 0 Å². The summed E-state index contributed by atoms with van der Waals surface area (Å²) in [5.41, 5.74) is 0.734. The van der Waals surface area contributed by atoms with Gasteiger partial charge in [-0.25, -0.2) is 0 Å². The number of benzene rings is 1. The molecule has 0 saturated heterocycles. The Labute approximate surface area is 154 Å². The van der Waals surface area contributed by atoms with E-state index in [9.17, 15) is 5.11 Å². The molecule has 3 atom stereocenters. The molecule has 2 fully saturated rings. The van der Waals surface area contributed by atoms with E-state index in [1.165, 1.54) is 44.1 Å². The molecule has 2 aliphatic rings. The van der Waals surface area contributed by atoms with E-state index >= 15 is 0 Å². The van der Waals surface area contributed by atoms with Gasteiger partial charge < -0.3 is 10.0 Å². The first kappa shape index (κ1) is 18.9. The predicted octanol–water partition coefficient (Wildman–Crippen LogP) is 5.05. The van der Waals surface area contributed by atoms with E-state index in [2.05, 4.69) is 56.3 Å².